The van der Waals surface area contributed by atoms with Crippen LogP contribution in [0.4, 0.5) is 11.4 Å². The SMILES string of the molecule is CC(=O)c1ccc(N)cc1N=O. The second kappa shape index (κ2) is 3.13. The first-order chi connectivity index (χ1) is 5.65. The summed E-state index contributed by atoms with van der Waals surface area (Å²) >= 11 is 0. The number of carbonyl (C=O) groups is 1. The van der Waals surface area contributed by atoms with Gasteiger partial charge < -0.3 is 5.73 Å². The highest BCUT2D eigenvalue weighted by molar-refractivity contribution is 5.99. The number of hydrogen-bond donors (Lipinski definition) is 1. The van der Waals surface area contributed by atoms with Crippen LogP contribution in [0.2, 0.25) is 0 Å². The molecule has 0 spiro atoms. The van der Waals surface area contributed by atoms with Crippen LogP contribution in [-0.2, 0) is 0 Å². The van der Waals surface area contributed by atoms with Gasteiger partial charge in [0.2, 0.25) is 0 Å². The van der Waals surface area contributed by atoms with Crippen LogP contribution in [0.1, 0.15) is 17.3 Å². The van der Waals surface area contributed by atoms with Gasteiger partial charge in [0.25, 0.3) is 0 Å². The van der Waals surface area contributed by atoms with Crippen molar-refractivity contribution in [2.45, 2.75) is 6.92 Å². The van der Waals surface area contributed by atoms with Gasteiger partial charge in [0.15, 0.2) is 5.78 Å². The molecular formula is C8H8N2O2. The van der Waals surface area contributed by atoms with E-state index in [1.807, 2.05) is 0 Å². The van der Waals surface area contributed by atoms with E-state index < -0.39 is 0 Å². The number of anilines is 1. The van der Waals surface area contributed by atoms with Gasteiger partial charge in [-0.25, -0.2) is 0 Å². The second-order valence-corrected chi connectivity index (χ2v) is 2.42. The minimum absolute atomic E-state index is 0.0995. The summed E-state index contributed by atoms with van der Waals surface area (Å²) in [6, 6.07) is 4.43. The maximum absolute atomic E-state index is 10.9. The molecule has 0 radical (unpaired) electrons. The molecule has 0 saturated heterocycles. The van der Waals surface area contributed by atoms with Crippen LogP contribution in [0.25, 0.3) is 0 Å². The molecule has 12 heavy (non-hydrogen) atoms. The smallest absolute Gasteiger partial charge is 0.162 e. The molecule has 0 heterocycles. The van der Waals surface area contributed by atoms with E-state index in [1.165, 1.54) is 19.1 Å². The Bertz CT molecular complexity index is 334. The molecule has 2 N–H and O–H groups in total. The molecule has 4 nitrogen and oxygen atoms in total. The maximum Gasteiger partial charge on any atom is 0.162 e. The Balaban J connectivity index is 3.29. The fourth-order valence-corrected chi connectivity index (χ4v) is 0.922. The third-order valence-corrected chi connectivity index (χ3v) is 1.50. The topological polar surface area (TPSA) is 72.5 Å². The Labute approximate surface area is 69.4 Å². The molecule has 0 aliphatic heterocycles. The van der Waals surface area contributed by atoms with Crippen molar-refractivity contribution in [3.05, 3.63) is 28.7 Å². The van der Waals surface area contributed by atoms with Gasteiger partial charge in [-0.05, 0) is 30.3 Å². The Kier molecular flexibility index (Phi) is 2.19. The Morgan fingerprint density at radius 2 is 2.17 bits per heavy atom. The summed E-state index contributed by atoms with van der Waals surface area (Å²) < 4.78 is 0. The third-order valence-electron chi connectivity index (χ3n) is 1.50. The van der Waals surface area contributed by atoms with Gasteiger partial charge in [-0.1, -0.05) is 0 Å². The first kappa shape index (κ1) is 8.39. The quantitative estimate of drug-likeness (QED) is 0.412. The van der Waals surface area contributed by atoms with Crippen molar-refractivity contribution in [3.8, 4) is 0 Å². The number of nitrogen functional groups attached to an aromatic ring is 1. The Hall–Kier alpha value is -1.71. The Morgan fingerprint density at radius 1 is 1.50 bits per heavy atom. The molecule has 62 valence electrons. The number of nitrogens with zero attached hydrogens (tertiary/aromatic N) is 1. The van der Waals surface area contributed by atoms with Gasteiger partial charge in [-0.15, -0.1) is 4.91 Å². The summed E-state index contributed by atoms with van der Waals surface area (Å²) in [7, 11) is 0. The lowest BCUT2D eigenvalue weighted by atomic mass is 10.1. The highest BCUT2D eigenvalue weighted by atomic mass is 16.3. The van der Waals surface area contributed by atoms with Crippen LogP contribution in [0.5, 0.6) is 0 Å². The molecule has 0 aliphatic rings. The molecule has 0 aromatic heterocycles. The van der Waals surface area contributed by atoms with E-state index in [4.69, 9.17) is 5.73 Å². The van der Waals surface area contributed by atoms with Crippen LogP contribution in [0.3, 0.4) is 0 Å². The third kappa shape index (κ3) is 1.47. The zero-order valence-electron chi connectivity index (χ0n) is 6.57. The van der Waals surface area contributed by atoms with E-state index in [9.17, 15) is 9.70 Å². The van der Waals surface area contributed by atoms with Crippen LogP contribution >= 0.6 is 0 Å². The maximum atomic E-state index is 10.9. The minimum Gasteiger partial charge on any atom is -0.399 e. The summed E-state index contributed by atoms with van der Waals surface area (Å²) in [6.07, 6.45) is 0. The molecule has 0 saturated carbocycles. The molecule has 0 amide bonds. The normalized spacial score (nSPS) is 9.42. The average Bonchev–Trinajstić information content (AvgIpc) is 2.03. The van der Waals surface area contributed by atoms with Crippen LogP contribution in [-0.4, -0.2) is 5.78 Å². The zero-order valence-corrected chi connectivity index (χ0v) is 6.57. The van der Waals surface area contributed by atoms with Gasteiger partial charge in [0.1, 0.15) is 5.69 Å². The second-order valence-electron chi connectivity index (χ2n) is 2.42. The predicted octanol–water partition coefficient (Wildman–Crippen LogP) is 1.87. The highest BCUT2D eigenvalue weighted by Gasteiger charge is 2.06. The lowest BCUT2D eigenvalue weighted by Crippen LogP contribution is -1.93. The molecule has 0 bridgehead atoms. The zero-order chi connectivity index (χ0) is 9.14. The van der Waals surface area contributed by atoms with Crippen LogP contribution < -0.4 is 5.73 Å². The highest BCUT2D eigenvalue weighted by Crippen LogP contribution is 2.22. The number of hydrogen-bond acceptors (Lipinski definition) is 4. The van der Waals surface area contributed by atoms with Gasteiger partial charge in [-0.3, -0.25) is 4.79 Å². The summed E-state index contributed by atoms with van der Waals surface area (Å²) in [5.74, 6) is -0.190. The van der Waals surface area contributed by atoms with E-state index in [1.54, 1.807) is 6.07 Å². The van der Waals surface area contributed by atoms with Crippen molar-refractivity contribution in [3.63, 3.8) is 0 Å². The van der Waals surface area contributed by atoms with E-state index in [0.717, 1.165) is 0 Å². The largest absolute Gasteiger partial charge is 0.399 e. The summed E-state index contributed by atoms with van der Waals surface area (Å²) in [6.45, 7) is 1.38. The summed E-state index contributed by atoms with van der Waals surface area (Å²) in [4.78, 5) is 21.1. The van der Waals surface area contributed by atoms with E-state index in [0.29, 0.717) is 11.3 Å². The number of Topliss-reactive ketones (excluding diaryl/α,β-unsaturated/α-hetero) is 1. The van der Waals surface area contributed by atoms with E-state index >= 15 is 0 Å². The monoisotopic (exact) mass is 164 g/mol. The van der Waals surface area contributed by atoms with Crippen molar-refractivity contribution < 1.29 is 4.79 Å². The molecule has 0 fully saturated rings. The van der Waals surface area contributed by atoms with Crippen molar-refractivity contribution in [1.29, 1.82) is 0 Å². The van der Waals surface area contributed by atoms with Gasteiger partial charge in [0.05, 0.1) is 0 Å². The molecule has 1 aromatic carbocycles. The molecule has 0 unspecified atom stereocenters. The number of nitroso groups, excluding NO2 is 1. The lowest BCUT2D eigenvalue weighted by molar-refractivity contribution is 0.101. The number of carbonyl (C=O) groups excluding carboxylic acids is 1. The van der Waals surface area contributed by atoms with Crippen LogP contribution in [0, 0.1) is 4.91 Å². The fraction of sp³-hybridized carbons (Fsp3) is 0.125. The lowest BCUT2D eigenvalue weighted by Gasteiger charge is -1.99. The van der Waals surface area contributed by atoms with E-state index in [2.05, 4.69) is 5.18 Å². The molecule has 4 heteroatoms. The number of rotatable bonds is 2. The predicted molar refractivity (Wildman–Crippen MR) is 46.3 cm³/mol. The minimum atomic E-state index is -0.190. The molecular weight excluding hydrogens is 156 g/mol. The first-order valence-electron chi connectivity index (χ1n) is 3.39. The molecule has 0 aliphatic carbocycles. The molecule has 0 atom stereocenters. The Morgan fingerprint density at radius 3 is 2.67 bits per heavy atom. The number of benzene rings is 1. The molecule has 1 aromatic rings. The average molecular weight is 164 g/mol. The number of nitrogens with two attached hydrogens (primary N) is 1. The standard InChI is InChI=1S/C8H8N2O2/c1-5(11)7-3-2-6(9)4-8(7)10-12/h2-4H,9H2,1H3. The van der Waals surface area contributed by atoms with Crippen molar-refractivity contribution >= 4 is 17.2 Å². The number of ketones is 1. The summed E-state index contributed by atoms with van der Waals surface area (Å²) in [5.41, 5.74) is 6.22. The first-order valence-corrected chi connectivity index (χ1v) is 3.39. The van der Waals surface area contributed by atoms with Gasteiger partial charge in [-0.2, -0.15) is 0 Å². The van der Waals surface area contributed by atoms with Crippen molar-refractivity contribution in [1.82, 2.24) is 0 Å². The van der Waals surface area contributed by atoms with Crippen molar-refractivity contribution in [2.24, 2.45) is 5.18 Å². The van der Waals surface area contributed by atoms with E-state index in [-0.39, 0.29) is 11.5 Å². The fourth-order valence-electron chi connectivity index (χ4n) is 0.922. The van der Waals surface area contributed by atoms with Crippen molar-refractivity contribution in [2.75, 3.05) is 5.73 Å². The van der Waals surface area contributed by atoms with Gasteiger partial charge in [0, 0.05) is 11.3 Å². The van der Waals surface area contributed by atoms with Gasteiger partial charge >= 0.3 is 0 Å². The summed E-state index contributed by atoms with van der Waals surface area (Å²) in [5, 5.41) is 2.70. The molecule has 1 rings (SSSR count). The van der Waals surface area contributed by atoms with Crippen LogP contribution in [0.15, 0.2) is 23.4 Å².